The minimum Gasteiger partial charge on any atom is -0.103 e. The fraction of sp³-hybridized carbons (Fsp3) is 0.286. The fourth-order valence-corrected chi connectivity index (χ4v) is 1.22. The van der Waals surface area contributed by atoms with E-state index in [1.165, 1.54) is 11.1 Å². The molecule has 0 radical (unpaired) electrons. The summed E-state index contributed by atoms with van der Waals surface area (Å²) in [7, 11) is 0. The van der Waals surface area contributed by atoms with Gasteiger partial charge in [-0.1, -0.05) is 30.0 Å². The van der Waals surface area contributed by atoms with Crippen LogP contribution >= 0.6 is 0 Å². The van der Waals surface area contributed by atoms with Crippen LogP contribution in [0.2, 0.25) is 0 Å². The van der Waals surface area contributed by atoms with Crippen LogP contribution in [0.3, 0.4) is 0 Å². The van der Waals surface area contributed by atoms with Crippen LogP contribution in [0.15, 0.2) is 30.9 Å². The van der Waals surface area contributed by atoms with Crippen molar-refractivity contribution in [1.82, 2.24) is 0 Å². The molecule has 0 heteroatoms. The third-order valence-corrected chi connectivity index (χ3v) is 2.30. The van der Waals surface area contributed by atoms with E-state index in [0.717, 1.165) is 18.4 Å². The summed E-state index contributed by atoms with van der Waals surface area (Å²) in [5, 5.41) is 0. The summed E-state index contributed by atoms with van der Waals surface area (Å²) in [6.45, 7) is 7.90. The number of aryl methyl sites for hydroxylation is 1. The molecule has 0 aliphatic rings. The Morgan fingerprint density at radius 3 is 2.86 bits per heavy atom. The van der Waals surface area contributed by atoms with Crippen molar-refractivity contribution in [3.05, 3.63) is 47.5 Å². The summed E-state index contributed by atoms with van der Waals surface area (Å²) in [5.41, 5.74) is 3.74. The Morgan fingerprint density at radius 1 is 1.36 bits per heavy atom. The first-order chi connectivity index (χ1) is 6.75. The normalized spacial score (nSPS) is 9.00. The monoisotopic (exact) mass is 184 g/mol. The lowest BCUT2D eigenvalue weighted by atomic mass is 10.0. The van der Waals surface area contributed by atoms with E-state index in [0.29, 0.717) is 0 Å². The quantitative estimate of drug-likeness (QED) is 0.374. The van der Waals surface area contributed by atoms with Crippen LogP contribution in [0.4, 0.5) is 0 Å². The van der Waals surface area contributed by atoms with Gasteiger partial charge in [0.05, 0.1) is 0 Å². The Bertz CT molecular complexity index is 375. The molecule has 0 nitrogen and oxygen atoms in total. The summed E-state index contributed by atoms with van der Waals surface area (Å²) >= 11 is 0. The van der Waals surface area contributed by atoms with Crippen molar-refractivity contribution >= 4 is 0 Å². The van der Waals surface area contributed by atoms with E-state index in [1.807, 2.05) is 6.08 Å². The summed E-state index contributed by atoms with van der Waals surface area (Å²) in [6.07, 6.45) is 3.77. The smallest absolute Gasteiger partial charge is 0.0277 e. The zero-order valence-corrected chi connectivity index (χ0v) is 8.93. The van der Waals surface area contributed by atoms with Crippen molar-refractivity contribution in [2.75, 3.05) is 0 Å². The minimum absolute atomic E-state index is 0.900. The molecule has 0 amide bonds. The first-order valence-electron chi connectivity index (χ1n) is 4.91. The van der Waals surface area contributed by atoms with E-state index in [2.05, 4.69) is 50.5 Å². The average molecular weight is 184 g/mol. The van der Waals surface area contributed by atoms with E-state index in [1.54, 1.807) is 0 Å². The Labute approximate surface area is 86.7 Å². The van der Waals surface area contributed by atoms with Gasteiger partial charge in [-0.3, -0.25) is 0 Å². The SMILES string of the molecule is C=CCCC#Cc1cccc(C)c1C. The van der Waals surface area contributed by atoms with Gasteiger partial charge < -0.3 is 0 Å². The van der Waals surface area contributed by atoms with E-state index < -0.39 is 0 Å². The molecule has 1 rings (SSSR count). The maximum absolute atomic E-state index is 3.67. The molecule has 0 fully saturated rings. The first-order valence-corrected chi connectivity index (χ1v) is 4.91. The molecule has 14 heavy (non-hydrogen) atoms. The highest BCUT2D eigenvalue weighted by molar-refractivity contribution is 5.44. The molecular weight excluding hydrogens is 168 g/mol. The van der Waals surface area contributed by atoms with Crippen LogP contribution in [0, 0.1) is 25.7 Å². The van der Waals surface area contributed by atoms with Gasteiger partial charge in [0.1, 0.15) is 0 Å². The molecule has 0 N–H and O–H groups in total. The molecule has 0 unspecified atom stereocenters. The molecule has 0 atom stereocenters. The second-order valence-electron chi connectivity index (χ2n) is 3.38. The lowest BCUT2D eigenvalue weighted by Crippen LogP contribution is -1.85. The van der Waals surface area contributed by atoms with Crippen LogP contribution in [0.25, 0.3) is 0 Å². The second-order valence-corrected chi connectivity index (χ2v) is 3.38. The van der Waals surface area contributed by atoms with Gasteiger partial charge in [0.25, 0.3) is 0 Å². The Morgan fingerprint density at radius 2 is 2.14 bits per heavy atom. The zero-order valence-electron chi connectivity index (χ0n) is 8.93. The van der Waals surface area contributed by atoms with Crippen molar-refractivity contribution in [1.29, 1.82) is 0 Å². The van der Waals surface area contributed by atoms with Gasteiger partial charge in [0, 0.05) is 12.0 Å². The number of unbranched alkanes of at least 4 members (excludes halogenated alkanes) is 1. The molecular formula is C14H16. The van der Waals surface area contributed by atoms with Crippen LogP contribution < -0.4 is 0 Å². The van der Waals surface area contributed by atoms with Crippen LogP contribution in [-0.2, 0) is 0 Å². The molecule has 0 aliphatic heterocycles. The Kier molecular flexibility index (Phi) is 4.01. The largest absolute Gasteiger partial charge is 0.103 e. The van der Waals surface area contributed by atoms with Gasteiger partial charge in [0.15, 0.2) is 0 Å². The highest BCUT2D eigenvalue weighted by atomic mass is 14.0. The fourth-order valence-electron chi connectivity index (χ4n) is 1.22. The molecule has 0 aliphatic carbocycles. The highest BCUT2D eigenvalue weighted by Crippen LogP contribution is 2.11. The Hall–Kier alpha value is -1.48. The maximum Gasteiger partial charge on any atom is 0.0277 e. The molecule has 0 saturated heterocycles. The molecule has 0 aromatic heterocycles. The van der Waals surface area contributed by atoms with E-state index in [9.17, 15) is 0 Å². The second kappa shape index (κ2) is 5.29. The number of benzene rings is 1. The molecule has 0 saturated carbocycles. The van der Waals surface area contributed by atoms with Gasteiger partial charge in [-0.25, -0.2) is 0 Å². The van der Waals surface area contributed by atoms with Crippen molar-refractivity contribution < 1.29 is 0 Å². The van der Waals surface area contributed by atoms with E-state index in [4.69, 9.17) is 0 Å². The molecule has 0 bridgehead atoms. The summed E-state index contributed by atoms with van der Waals surface area (Å²) in [4.78, 5) is 0. The van der Waals surface area contributed by atoms with Crippen molar-refractivity contribution in [3.63, 3.8) is 0 Å². The van der Waals surface area contributed by atoms with Gasteiger partial charge in [-0.2, -0.15) is 0 Å². The average Bonchev–Trinajstić information content (AvgIpc) is 2.19. The predicted molar refractivity (Wildman–Crippen MR) is 62.2 cm³/mol. The standard InChI is InChI=1S/C14H16/c1-4-5-6-7-10-14-11-8-9-12(2)13(14)3/h4,8-9,11H,1,5-6H2,2-3H3. The van der Waals surface area contributed by atoms with Gasteiger partial charge >= 0.3 is 0 Å². The lowest BCUT2D eigenvalue weighted by Gasteiger charge is -2.00. The van der Waals surface area contributed by atoms with Gasteiger partial charge in [-0.05, 0) is 37.5 Å². The molecule has 0 spiro atoms. The number of hydrogen-bond donors (Lipinski definition) is 0. The highest BCUT2D eigenvalue weighted by Gasteiger charge is 1.95. The maximum atomic E-state index is 3.67. The van der Waals surface area contributed by atoms with Gasteiger partial charge in [0.2, 0.25) is 0 Å². The van der Waals surface area contributed by atoms with Crippen molar-refractivity contribution in [2.24, 2.45) is 0 Å². The van der Waals surface area contributed by atoms with Crippen molar-refractivity contribution in [2.45, 2.75) is 26.7 Å². The van der Waals surface area contributed by atoms with Crippen LogP contribution in [0.1, 0.15) is 29.5 Å². The van der Waals surface area contributed by atoms with Gasteiger partial charge in [-0.15, -0.1) is 6.58 Å². The number of rotatable bonds is 2. The van der Waals surface area contributed by atoms with E-state index in [-0.39, 0.29) is 0 Å². The molecule has 1 aromatic carbocycles. The molecule has 72 valence electrons. The third-order valence-electron chi connectivity index (χ3n) is 2.30. The first kappa shape index (κ1) is 10.6. The number of hydrogen-bond acceptors (Lipinski definition) is 0. The third kappa shape index (κ3) is 2.78. The predicted octanol–water partition coefficient (Wildman–Crippen LogP) is 3.62. The Balaban J connectivity index is 2.79. The van der Waals surface area contributed by atoms with Crippen LogP contribution in [-0.4, -0.2) is 0 Å². The van der Waals surface area contributed by atoms with Crippen molar-refractivity contribution in [3.8, 4) is 11.8 Å². The zero-order chi connectivity index (χ0) is 10.4. The molecule has 0 heterocycles. The summed E-state index contributed by atoms with van der Waals surface area (Å²) in [6, 6.07) is 6.24. The summed E-state index contributed by atoms with van der Waals surface area (Å²) < 4.78 is 0. The topological polar surface area (TPSA) is 0 Å². The minimum atomic E-state index is 0.900. The summed E-state index contributed by atoms with van der Waals surface area (Å²) in [5.74, 6) is 6.34. The van der Waals surface area contributed by atoms with E-state index >= 15 is 0 Å². The van der Waals surface area contributed by atoms with Crippen LogP contribution in [0.5, 0.6) is 0 Å². The number of allylic oxidation sites excluding steroid dienone is 1. The lowest BCUT2D eigenvalue weighted by molar-refractivity contribution is 1.09. The molecule has 1 aromatic rings.